The maximum absolute atomic E-state index is 11.1. The van der Waals surface area contributed by atoms with Gasteiger partial charge in [-0.2, -0.15) is 0 Å². The minimum absolute atomic E-state index is 0.0112. The van der Waals surface area contributed by atoms with Gasteiger partial charge in [0.05, 0.1) is 6.10 Å². The quantitative estimate of drug-likeness (QED) is 0.775. The normalized spacial score (nSPS) is 54.8. The molecule has 0 radical (unpaired) electrons. The summed E-state index contributed by atoms with van der Waals surface area (Å²) in [6, 6.07) is 0. The van der Waals surface area contributed by atoms with Crippen LogP contribution in [0.2, 0.25) is 0 Å². The monoisotopic (exact) mass is 262 g/mol. The first-order valence-electron chi connectivity index (χ1n) is 8.60. The van der Waals surface area contributed by atoms with E-state index in [0.717, 1.165) is 5.92 Å². The summed E-state index contributed by atoms with van der Waals surface area (Å²) in [5.74, 6) is 1.55. The van der Waals surface area contributed by atoms with Crippen molar-refractivity contribution in [2.75, 3.05) is 0 Å². The molecule has 4 bridgehead atoms. The van der Waals surface area contributed by atoms with Gasteiger partial charge in [0.1, 0.15) is 0 Å². The molecule has 1 heteroatoms. The highest BCUT2D eigenvalue weighted by Crippen LogP contribution is 2.71. The molecule has 1 nitrogen and oxygen atoms in total. The summed E-state index contributed by atoms with van der Waals surface area (Å²) >= 11 is 0. The highest BCUT2D eigenvalue weighted by atomic mass is 16.3. The second-order valence-corrected chi connectivity index (χ2v) is 9.48. The summed E-state index contributed by atoms with van der Waals surface area (Å²) in [7, 11) is 0. The van der Waals surface area contributed by atoms with Gasteiger partial charge in [-0.15, -0.1) is 0 Å². The lowest BCUT2D eigenvalue weighted by Gasteiger charge is -2.67. The molecule has 108 valence electrons. The van der Waals surface area contributed by atoms with Gasteiger partial charge in [-0.3, -0.25) is 0 Å². The van der Waals surface area contributed by atoms with E-state index in [1.54, 1.807) is 0 Å². The van der Waals surface area contributed by atoms with Crippen molar-refractivity contribution < 1.29 is 5.11 Å². The van der Waals surface area contributed by atoms with E-state index in [0.29, 0.717) is 22.2 Å². The molecule has 19 heavy (non-hydrogen) atoms. The van der Waals surface area contributed by atoms with Gasteiger partial charge >= 0.3 is 0 Å². The molecule has 0 aliphatic heterocycles. The van der Waals surface area contributed by atoms with Gasteiger partial charge in [-0.05, 0) is 79.4 Å². The van der Waals surface area contributed by atoms with Crippen LogP contribution in [0.1, 0.15) is 78.1 Å². The van der Waals surface area contributed by atoms with Gasteiger partial charge in [0.15, 0.2) is 0 Å². The molecule has 0 heterocycles. The van der Waals surface area contributed by atoms with E-state index in [1.165, 1.54) is 64.2 Å². The molecule has 5 aliphatic rings. The van der Waals surface area contributed by atoms with Crippen molar-refractivity contribution >= 4 is 0 Å². The number of aliphatic hydroxyl groups excluding tert-OH is 1. The van der Waals surface area contributed by atoms with Crippen molar-refractivity contribution in [3.63, 3.8) is 0 Å². The Kier molecular flexibility index (Phi) is 2.52. The van der Waals surface area contributed by atoms with Crippen LogP contribution in [0.4, 0.5) is 0 Å². The maximum Gasteiger partial charge on any atom is 0.0625 e. The van der Waals surface area contributed by atoms with Crippen LogP contribution in [0.15, 0.2) is 0 Å². The predicted molar refractivity (Wildman–Crippen MR) is 77.8 cm³/mol. The predicted octanol–water partition coefficient (Wildman–Crippen LogP) is 4.53. The minimum atomic E-state index is 0.0112. The highest BCUT2D eigenvalue weighted by molar-refractivity contribution is 5.13. The molecule has 3 unspecified atom stereocenters. The van der Waals surface area contributed by atoms with Crippen LogP contribution in [0, 0.1) is 28.1 Å². The molecular formula is C18H30O. The van der Waals surface area contributed by atoms with Crippen LogP contribution >= 0.6 is 0 Å². The van der Waals surface area contributed by atoms with Gasteiger partial charge in [0, 0.05) is 0 Å². The van der Waals surface area contributed by atoms with Crippen molar-refractivity contribution in [3.8, 4) is 0 Å². The molecule has 1 N–H and O–H groups in total. The zero-order valence-electron chi connectivity index (χ0n) is 12.8. The van der Waals surface area contributed by atoms with Gasteiger partial charge < -0.3 is 5.11 Å². The Balaban J connectivity index is 1.66. The van der Waals surface area contributed by atoms with Gasteiger partial charge in [-0.25, -0.2) is 0 Å². The van der Waals surface area contributed by atoms with E-state index >= 15 is 0 Å². The third-order valence-electron chi connectivity index (χ3n) is 7.14. The summed E-state index contributed by atoms with van der Waals surface area (Å²) in [5, 5.41) is 11.1. The molecule has 0 aromatic heterocycles. The second kappa shape index (κ2) is 3.78. The van der Waals surface area contributed by atoms with Crippen LogP contribution in [0.5, 0.6) is 0 Å². The Morgan fingerprint density at radius 3 is 2.00 bits per heavy atom. The zero-order valence-corrected chi connectivity index (χ0v) is 12.8. The maximum atomic E-state index is 11.1. The van der Waals surface area contributed by atoms with Crippen LogP contribution in [0.25, 0.3) is 0 Å². The van der Waals surface area contributed by atoms with E-state index in [-0.39, 0.29) is 6.10 Å². The Hall–Kier alpha value is -0.0400. The van der Waals surface area contributed by atoms with E-state index in [4.69, 9.17) is 0 Å². The largest absolute Gasteiger partial charge is 0.392 e. The molecule has 0 saturated heterocycles. The smallest absolute Gasteiger partial charge is 0.0625 e. The summed E-state index contributed by atoms with van der Waals surface area (Å²) in [4.78, 5) is 0. The lowest BCUT2D eigenvalue weighted by Crippen LogP contribution is -2.59. The van der Waals surface area contributed by atoms with Gasteiger partial charge in [0.2, 0.25) is 0 Å². The summed E-state index contributed by atoms with van der Waals surface area (Å²) in [5.41, 5.74) is 1.40. The summed E-state index contributed by atoms with van der Waals surface area (Å²) in [6.45, 7) is 5.04. The topological polar surface area (TPSA) is 20.2 Å². The van der Waals surface area contributed by atoms with Crippen LogP contribution < -0.4 is 0 Å². The van der Waals surface area contributed by atoms with E-state index in [1.807, 2.05) is 0 Å². The molecule has 0 aromatic carbocycles. The number of rotatable bonds is 2. The van der Waals surface area contributed by atoms with E-state index < -0.39 is 0 Å². The molecule has 5 saturated carbocycles. The number of hydrogen-bond donors (Lipinski definition) is 1. The summed E-state index contributed by atoms with van der Waals surface area (Å²) < 4.78 is 0. The van der Waals surface area contributed by atoms with Crippen molar-refractivity contribution in [2.24, 2.45) is 28.1 Å². The molecule has 0 amide bonds. The fraction of sp³-hybridized carbons (Fsp3) is 1.00. The van der Waals surface area contributed by atoms with Crippen molar-refractivity contribution in [3.05, 3.63) is 0 Å². The average molecular weight is 262 g/mol. The molecule has 5 aliphatic carbocycles. The van der Waals surface area contributed by atoms with Crippen molar-refractivity contribution in [2.45, 2.75) is 84.2 Å². The van der Waals surface area contributed by atoms with Crippen molar-refractivity contribution in [1.29, 1.82) is 0 Å². The Morgan fingerprint density at radius 2 is 1.47 bits per heavy atom. The molecule has 0 aromatic rings. The molecule has 0 spiro atoms. The number of aliphatic hydroxyl groups is 1. The third-order valence-corrected chi connectivity index (χ3v) is 7.14. The first-order chi connectivity index (χ1) is 8.92. The number of hydrogen-bond acceptors (Lipinski definition) is 1. The average Bonchev–Trinajstić information content (AvgIpc) is 2.75. The first kappa shape index (κ1) is 12.7. The third kappa shape index (κ3) is 1.83. The standard InChI is InChI=1S/C18H30O/c1-16-7-13-8-17(2,10-16)12-18(9-13,11-16)15(19)14-5-3-4-6-14/h13-15,19H,3-12H2,1-2H3. The molecule has 5 rings (SSSR count). The van der Waals surface area contributed by atoms with Crippen LogP contribution in [-0.4, -0.2) is 11.2 Å². The Morgan fingerprint density at radius 1 is 0.895 bits per heavy atom. The lowest BCUT2D eigenvalue weighted by atomic mass is 9.39. The molecule has 5 fully saturated rings. The molecular weight excluding hydrogens is 232 g/mol. The lowest BCUT2D eigenvalue weighted by molar-refractivity contribution is -0.195. The Labute approximate surface area is 118 Å². The van der Waals surface area contributed by atoms with Crippen molar-refractivity contribution in [1.82, 2.24) is 0 Å². The van der Waals surface area contributed by atoms with Crippen LogP contribution in [-0.2, 0) is 0 Å². The summed E-state index contributed by atoms with van der Waals surface area (Å²) in [6.07, 6.45) is 13.6. The van der Waals surface area contributed by atoms with Gasteiger partial charge in [0.25, 0.3) is 0 Å². The fourth-order valence-corrected chi connectivity index (χ4v) is 7.64. The first-order valence-corrected chi connectivity index (χ1v) is 8.60. The Bertz CT molecular complexity index is 363. The fourth-order valence-electron chi connectivity index (χ4n) is 7.64. The van der Waals surface area contributed by atoms with Gasteiger partial charge in [-0.1, -0.05) is 26.7 Å². The van der Waals surface area contributed by atoms with E-state index in [2.05, 4.69) is 13.8 Å². The SMILES string of the molecule is CC12CC3CC(C)(C1)CC(C(O)C1CCCC1)(C3)C2. The van der Waals surface area contributed by atoms with E-state index in [9.17, 15) is 5.11 Å². The highest BCUT2D eigenvalue weighted by Gasteiger charge is 2.62. The zero-order chi connectivity index (χ0) is 13.3. The molecule has 3 atom stereocenters. The van der Waals surface area contributed by atoms with Crippen LogP contribution in [0.3, 0.4) is 0 Å². The minimum Gasteiger partial charge on any atom is -0.392 e. The second-order valence-electron chi connectivity index (χ2n) is 9.48.